The lowest BCUT2D eigenvalue weighted by atomic mass is 10.2. The molecule has 0 saturated carbocycles. The van der Waals surface area contributed by atoms with Crippen LogP contribution >= 0.6 is 11.8 Å². The van der Waals surface area contributed by atoms with Crippen LogP contribution in [0.4, 0.5) is 0 Å². The SMILES string of the molecule is CCc1cc(CSc2cccc(CNC)c2)n(CC)n1. The minimum atomic E-state index is 0.918. The van der Waals surface area contributed by atoms with Gasteiger partial charge in [0.25, 0.3) is 0 Å². The van der Waals surface area contributed by atoms with Crippen LogP contribution in [0.25, 0.3) is 0 Å². The number of hydrogen-bond donors (Lipinski definition) is 1. The molecule has 4 heteroatoms. The minimum Gasteiger partial charge on any atom is -0.316 e. The standard InChI is InChI=1S/C16H23N3S/c1-4-14-10-15(19(5-2)18-14)12-20-16-8-6-7-13(9-16)11-17-3/h6-10,17H,4-5,11-12H2,1-3H3. The summed E-state index contributed by atoms with van der Waals surface area (Å²) >= 11 is 1.88. The molecule has 1 aromatic carbocycles. The molecule has 0 bridgehead atoms. The van der Waals surface area contributed by atoms with E-state index in [1.165, 1.54) is 21.8 Å². The average molecular weight is 289 g/mol. The fraction of sp³-hybridized carbons (Fsp3) is 0.438. The zero-order valence-corrected chi connectivity index (χ0v) is 13.3. The fourth-order valence-electron chi connectivity index (χ4n) is 2.18. The van der Waals surface area contributed by atoms with Crippen LogP contribution in [0.1, 0.15) is 30.8 Å². The van der Waals surface area contributed by atoms with Crippen LogP contribution in [0.2, 0.25) is 0 Å². The van der Waals surface area contributed by atoms with Gasteiger partial charge in [-0.3, -0.25) is 4.68 Å². The molecule has 1 N–H and O–H groups in total. The van der Waals surface area contributed by atoms with Gasteiger partial charge in [-0.05, 0) is 44.2 Å². The Kier molecular flexibility index (Phi) is 5.68. The van der Waals surface area contributed by atoms with E-state index in [4.69, 9.17) is 0 Å². The lowest BCUT2D eigenvalue weighted by molar-refractivity contribution is 0.628. The zero-order valence-electron chi connectivity index (χ0n) is 12.5. The van der Waals surface area contributed by atoms with Crippen molar-refractivity contribution in [1.29, 1.82) is 0 Å². The first-order valence-corrected chi connectivity index (χ1v) is 8.17. The van der Waals surface area contributed by atoms with Crippen LogP contribution in [-0.2, 0) is 25.3 Å². The number of rotatable bonds is 7. The Morgan fingerprint density at radius 2 is 2.10 bits per heavy atom. The molecule has 1 heterocycles. The lowest BCUT2D eigenvalue weighted by Crippen LogP contribution is -2.04. The highest BCUT2D eigenvalue weighted by Crippen LogP contribution is 2.24. The van der Waals surface area contributed by atoms with Crippen LogP contribution in [-0.4, -0.2) is 16.8 Å². The summed E-state index contributed by atoms with van der Waals surface area (Å²) in [6, 6.07) is 11.0. The van der Waals surface area contributed by atoms with Gasteiger partial charge in [0.05, 0.1) is 5.69 Å². The van der Waals surface area contributed by atoms with Crippen molar-refractivity contribution in [3.05, 3.63) is 47.3 Å². The summed E-state index contributed by atoms with van der Waals surface area (Å²) in [6.07, 6.45) is 1.00. The third-order valence-electron chi connectivity index (χ3n) is 3.24. The van der Waals surface area contributed by atoms with Crippen molar-refractivity contribution in [2.24, 2.45) is 0 Å². The normalized spacial score (nSPS) is 10.9. The van der Waals surface area contributed by atoms with E-state index in [9.17, 15) is 0 Å². The molecule has 0 aliphatic rings. The number of thioether (sulfide) groups is 1. The predicted octanol–water partition coefficient (Wildman–Crippen LogP) is 3.48. The number of nitrogens with zero attached hydrogens (tertiary/aromatic N) is 2. The first kappa shape index (κ1) is 15.1. The monoisotopic (exact) mass is 289 g/mol. The molecular formula is C16H23N3S. The van der Waals surface area contributed by atoms with E-state index in [0.29, 0.717) is 0 Å². The Hall–Kier alpha value is -1.26. The van der Waals surface area contributed by atoms with E-state index in [2.05, 4.69) is 59.3 Å². The smallest absolute Gasteiger partial charge is 0.0625 e. The van der Waals surface area contributed by atoms with Gasteiger partial charge in [-0.15, -0.1) is 11.8 Å². The lowest BCUT2D eigenvalue weighted by Gasteiger charge is -2.06. The maximum Gasteiger partial charge on any atom is 0.0625 e. The van der Waals surface area contributed by atoms with Gasteiger partial charge in [0, 0.05) is 29.4 Å². The second-order valence-electron chi connectivity index (χ2n) is 4.76. The van der Waals surface area contributed by atoms with E-state index in [0.717, 1.165) is 25.3 Å². The second-order valence-corrected chi connectivity index (χ2v) is 5.81. The molecule has 0 amide bonds. The van der Waals surface area contributed by atoms with Gasteiger partial charge in [0.15, 0.2) is 0 Å². The third kappa shape index (κ3) is 3.87. The van der Waals surface area contributed by atoms with Crippen LogP contribution in [0, 0.1) is 0 Å². The molecule has 2 aromatic rings. The highest BCUT2D eigenvalue weighted by Gasteiger charge is 2.06. The van der Waals surface area contributed by atoms with Crippen molar-refractivity contribution in [3.63, 3.8) is 0 Å². The molecule has 0 fully saturated rings. The number of nitrogens with one attached hydrogen (secondary N) is 1. The zero-order chi connectivity index (χ0) is 14.4. The molecule has 0 atom stereocenters. The molecule has 0 aliphatic heterocycles. The highest BCUT2D eigenvalue weighted by molar-refractivity contribution is 7.98. The van der Waals surface area contributed by atoms with Gasteiger partial charge < -0.3 is 5.32 Å². The van der Waals surface area contributed by atoms with E-state index < -0.39 is 0 Å². The Bertz CT molecular complexity index is 548. The number of hydrogen-bond acceptors (Lipinski definition) is 3. The minimum absolute atomic E-state index is 0.918. The van der Waals surface area contributed by atoms with Crippen molar-refractivity contribution in [3.8, 4) is 0 Å². The summed E-state index contributed by atoms with van der Waals surface area (Å²) < 4.78 is 2.11. The maximum atomic E-state index is 4.60. The third-order valence-corrected chi connectivity index (χ3v) is 4.27. The van der Waals surface area contributed by atoms with E-state index in [-0.39, 0.29) is 0 Å². The quantitative estimate of drug-likeness (QED) is 0.792. The van der Waals surface area contributed by atoms with Crippen LogP contribution in [0.3, 0.4) is 0 Å². The molecule has 0 saturated heterocycles. The predicted molar refractivity (Wildman–Crippen MR) is 86.0 cm³/mol. The molecular weight excluding hydrogens is 266 g/mol. The number of benzene rings is 1. The van der Waals surface area contributed by atoms with Gasteiger partial charge >= 0.3 is 0 Å². The van der Waals surface area contributed by atoms with Gasteiger partial charge in [-0.1, -0.05) is 19.1 Å². The molecule has 0 radical (unpaired) electrons. The van der Waals surface area contributed by atoms with Gasteiger partial charge in [-0.25, -0.2) is 0 Å². The summed E-state index contributed by atoms with van der Waals surface area (Å²) in [4.78, 5) is 1.32. The Morgan fingerprint density at radius 3 is 2.80 bits per heavy atom. The van der Waals surface area contributed by atoms with Gasteiger partial charge in [0.1, 0.15) is 0 Å². The Morgan fingerprint density at radius 1 is 1.25 bits per heavy atom. The number of aromatic nitrogens is 2. The first-order valence-electron chi connectivity index (χ1n) is 7.18. The molecule has 3 nitrogen and oxygen atoms in total. The van der Waals surface area contributed by atoms with Crippen molar-refractivity contribution in [2.45, 2.75) is 44.0 Å². The Balaban J connectivity index is 2.04. The molecule has 0 unspecified atom stereocenters. The summed E-state index contributed by atoms with van der Waals surface area (Å²) in [7, 11) is 1.98. The summed E-state index contributed by atoms with van der Waals surface area (Å²) in [6.45, 7) is 6.16. The summed E-state index contributed by atoms with van der Waals surface area (Å²) in [5, 5.41) is 7.79. The summed E-state index contributed by atoms with van der Waals surface area (Å²) in [5.74, 6) is 0.976. The fourth-order valence-corrected chi connectivity index (χ4v) is 3.14. The van der Waals surface area contributed by atoms with E-state index in [1.54, 1.807) is 0 Å². The van der Waals surface area contributed by atoms with E-state index in [1.807, 2.05) is 18.8 Å². The first-order chi connectivity index (χ1) is 9.76. The van der Waals surface area contributed by atoms with E-state index >= 15 is 0 Å². The second kappa shape index (κ2) is 7.50. The van der Waals surface area contributed by atoms with Crippen molar-refractivity contribution in [2.75, 3.05) is 7.05 Å². The van der Waals surface area contributed by atoms with Gasteiger partial charge in [0.2, 0.25) is 0 Å². The van der Waals surface area contributed by atoms with Crippen LogP contribution in [0.15, 0.2) is 35.2 Å². The largest absolute Gasteiger partial charge is 0.316 e. The maximum absolute atomic E-state index is 4.60. The van der Waals surface area contributed by atoms with Crippen molar-refractivity contribution < 1.29 is 0 Å². The Labute approximate surface area is 125 Å². The molecule has 1 aromatic heterocycles. The summed E-state index contributed by atoms with van der Waals surface area (Å²) in [5.41, 5.74) is 3.83. The van der Waals surface area contributed by atoms with Crippen LogP contribution in [0.5, 0.6) is 0 Å². The van der Waals surface area contributed by atoms with Crippen molar-refractivity contribution in [1.82, 2.24) is 15.1 Å². The van der Waals surface area contributed by atoms with Gasteiger partial charge in [-0.2, -0.15) is 5.10 Å². The topological polar surface area (TPSA) is 29.9 Å². The number of aryl methyl sites for hydroxylation is 2. The average Bonchev–Trinajstić information content (AvgIpc) is 2.88. The molecule has 20 heavy (non-hydrogen) atoms. The molecule has 2 rings (SSSR count). The van der Waals surface area contributed by atoms with Crippen molar-refractivity contribution >= 4 is 11.8 Å². The molecule has 0 spiro atoms. The van der Waals surface area contributed by atoms with Crippen LogP contribution < -0.4 is 5.32 Å². The molecule has 0 aliphatic carbocycles. The highest BCUT2D eigenvalue weighted by atomic mass is 32.2. The molecule has 108 valence electrons.